The highest BCUT2D eigenvalue weighted by Crippen LogP contribution is 2.34. The number of aromatic nitrogens is 1. The van der Waals surface area contributed by atoms with Crippen LogP contribution in [0.15, 0.2) is 42.6 Å². The molecular weight excluding hydrogens is 366 g/mol. The molecule has 1 unspecified atom stereocenters. The zero-order valence-electron chi connectivity index (χ0n) is 15.2. The Labute approximate surface area is 163 Å². The number of ether oxygens (including phenoxy) is 1. The fraction of sp³-hybridized carbons (Fsp3) is 0.400. The van der Waals surface area contributed by atoms with Crippen molar-refractivity contribution in [2.75, 3.05) is 20.2 Å². The lowest BCUT2D eigenvalue weighted by atomic mass is 10.00. The second-order valence-electron chi connectivity index (χ2n) is 7.00. The molecule has 6 nitrogen and oxygen atoms in total. The lowest BCUT2D eigenvalue weighted by molar-refractivity contribution is -0.135. The fourth-order valence-corrected chi connectivity index (χ4v) is 3.96. The van der Waals surface area contributed by atoms with E-state index in [1.807, 2.05) is 47.5 Å². The van der Waals surface area contributed by atoms with Gasteiger partial charge in [0.25, 0.3) is 0 Å². The first-order chi connectivity index (χ1) is 13.1. The maximum Gasteiger partial charge on any atom is 0.410 e. The summed E-state index contributed by atoms with van der Waals surface area (Å²) < 4.78 is 7.03. The van der Waals surface area contributed by atoms with Crippen molar-refractivity contribution < 1.29 is 14.3 Å². The van der Waals surface area contributed by atoms with Crippen LogP contribution in [0.4, 0.5) is 4.79 Å². The number of halogens is 1. The van der Waals surface area contributed by atoms with Gasteiger partial charge in [0.05, 0.1) is 13.2 Å². The summed E-state index contributed by atoms with van der Waals surface area (Å²) >= 11 is 6.21. The third kappa shape index (κ3) is 3.54. The molecule has 0 spiro atoms. The Kier molecular flexibility index (Phi) is 4.83. The molecule has 0 radical (unpaired) electrons. The Morgan fingerprint density at radius 3 is 2.74 bits per heavy atom. The number of rotatable bonds is 4. The minimum Gasteiger partial charge on any atom is -0.453 e. The lowest BCUT2D eigenvalue weighted by Gasteiger charge is -2.38. The van der Waals surface area contributed by atoms with Gasteiger partial charge in [-0.15, -0.1) is 0 Å². The van der Waals surface area contributed by atoms with Crippen LogP contribution in [0.5, 0.6) is 0 Å². The molecule has 1 saturated carbocycles. The van der Waals surface area contributed by atoms with Gasteiger partial charge >= 0.3 is 6.09 Å². The van der Waals surface area contributed by atoms with E-state index in [4.69, 9.17) is 16.3 Å². The van der Waals surface area contributed by atoms with Crippen molar-refractivity contribution in [2.24, 2.45) is 0 Å². The highest BCUT2D eigenvalue weighted by molar-refractivity contribution is 6.30. The molecule has 1 fully saturated rings. The van der Waals surface area contributed by atoms with E-state index < -0.39 is 6.09 Å². The third-order valence-electron chi connectivity index (χ3n) is 5.23. The maximum absolute atomic E-state index is 13.2. The number of hydrogen-bond donors (Lipinski definition) is 0. The minimum absolute atomic E-state index is 0.0368. The smallest absolute Gasteiger partial charge is 0.410 e. The first kappa shape index (κ1) is 17.9. The number of carbonyl (C=O) groups excluding carboxylic acids is 2. The molecule has 2 amide bonds. The first-order valence-corrected chi connectivity index (χ1v) is 9.51. The SMILES string of the molecule is COC(=O)N(CC(=O)N1CCn2cccc2C1c1cccc(Cl)c1)C1CC1. The largest absolute Gasteiger partial charge is 0.453 e. The predicted octanol–water partition coefficient (Wildman–Crippen LogP) is 3.30. The van der Waals surface area contributed by atoms with Gasteiger partial charge in [-0.3, -0.25) is 9.69 Å². The van der Waals surface area contributed by atoms with Crippen molar-refractivity contribution in [3.8, 4) is 0 Å². The second kappa shape index (κ2) is 7.27. The molecule has 2 heterocycles. The number of methoxy groups -OCH3 is 1. The molecule has 0 saturated heterocycles. The van der Waals surface area contributed by atoms with Crippen LogP contribution in [0, 0.1) is 0 Å². The molecule has 7 heteroatoms. The van der Waals surface area contributed by atoms with Gasteiger partial charge < -0.3 is 14.2 Å². The van der Waals surface area contributed by atoms with Crippen LogP contribution in [0.3, 0.4) is 0 Å². The Bertz CT molecular complexity index is 862. The molecule has 1 aromatic carbocycles. The number of carbonyl (C=O) groups is 2. The summed E-state index contributed by atoms with van der Waals surface area (Å²) in [6.07, 6.45) is 3.43. The number of amides is 2. The maximum atomic E-state index is 13.2. The van der Waals surface area contributed by atoms with Crippen molar-refractivity contribution in [3.63, 3.8) is 0 Å². The monoisotopic (exact) mass is 387 g/mol. The standard InChI is InChI=1S/C20H22ClN3O3/c1-27-20(26)24(16-7-8-16)13-18(25)23-11-10-22-9-3-6-17(22)19(23)14-4-2-5-15(21)12-14/h2-6,9,12,16,19H,7-8,10-11,13H2,1H3. The number of hydrogen-bond acceptors (Lipinski definition) is 3. The summed E-state index contributed by atoms with van der Waals surface area (Å²) in [6.45, 7) is 1.35. The van der Waals surface area contributed by atoms with E-state index in [1.54, 1.807) is 4.90 Å². The van der Waals surface area contributed by atoms with Crippen molar-refractivity contribution in [1.29, 1.82) is 0 Å². The molecule has 1 aromatic heterocycles. The Hall–Kier alpha value is -2.47. The van der Waals surface area contributed by atoms with Crippen LogP contribution < -0.4 is 0 Å². The van der Waals surface area contributed by atoms with E-state index in [1.165, 1.54) is 7.11 Å². The summed E-state index contributed by atoms with van der Waals surface area (Å²) in [6, 6.07) is 11.5. The first-order valence-electron chi connectivity index (χ1n) is 9.13. The molecule has 4 rings (SSSR count). The summed E-state index contributed by atoms with van der Waals surface area (Å²) in [7, 11) is 1.35. The van der Waals surface area contributed by atoms with Gasteiger partial charge in [-0.1, -0.05) is 23.7 Å². The Morgan fingerprint density at radius 2 is 2.04 bits per heavy atom. The van der Waals surface area contributed by atoms with E-state index >= 15 is 0 Å². The van der Waals surface area contributed by atoms with Crippen molar-refractivity contribution >= 4 is 23.6 Å². The van der Waals surface area contributed by atoms with E-state index in [0.29, 0.717) is 11.6 Å². The highest BCUT2D eigenvalue weighted by atomic mass is 35.5. The van der Waals surface area contributed by atoms with E-state index in [2.05, 4.69) is 4.57 Å². The minimum atomic E-state index is -0.439. The van der Waals surface area contributed by atoms with Crippen LogP contribution in [0.1, 0.15) is 30.1 Å². The summed E-state index contributed by atoms with van der Waals surface area (Å²) in [5.41, 5.74) is 2.01. The van der Waals surface area contributed by atoms with Gasteiger partial charge in [0, 0.05) is 36.0 Å². The van der Waals surface area contributed by atoms with Crippen molar-refractivity contribution in [2.45, 2.75) is 31.5 Å². The molecule has 142 valence electrons. The second-order valence-corrected chi connectivity index (χ2v) is 7.44. The molecule has 0 N–H and O–H groups in total. The number of nitrogens with zero attached hydrogens (tertiary/aromatic N) is 3. The molecule has 27 heavy (non-hydrogen) atoms. The Balaban J connectivity index is 1.64. The number of fused-ring (bicyclic) bond motifs is 1. The van der Waals surface area contributed by atoms with Crippen molar-refractivity contribution in [3.05, 3.63) is 58.9 Å². The van der Waals surface area contributed by atoms with Crippen LogP contribution >= 0.6 is 11.6 Å². The zero-order chi connectivity index (χ0) is 19.0. The van der Waals surface area contributed by atoms with E-state index in [0.717, 1.165) is 30.6 Å². The highest BCUT2D eigenvalue weighted by Gasteiger charge is 2.38. The zero-order valence-corrected chi connectivity index (χ0v) is 15.9. The van der Waals surface area contributed by atoms with Crippen LogP contribution in [0.2, 0.25) is 5.02 Å². The summed E-state index contributed by atoms with van der Waals surface area (Å²) in [4.78, 5) is 28.7. The lowest BCUT2D eigenvalue weighted by Crippen LogP contribution is -2.48. The van der Waals surface area contributed by atoms with Crippen LogP contribution in [-0.4, -0.2) is 52.6 Å². The molecule has 0 bridgehead atoms. The van der Waals surface area contributed by atoms with Crippen molar-refractivity contribution in [1.82, 2.24) is 14.4 Å². The summed E-state index contributed by atoms with van der Waals surface area (Å²) in [5, 5.41) is 0.637. The van der Waals surface area contributed by atoms with Gasteiger partial charge in [0.1, 0.15) is 6.54 Å². The molecule has 1 aliphatic heterocycles. The van der Waals surface area contributed by atoms with Crippen LogP contribution in [-0.2, 0) is 16.1 Å². The van der Waals surface area contributed by atoms with Gasteiger partial charge in [-0.25, -0.2) is 4.79 Å². The topological polar surface area (TPSA) is 54.8 Å². The molecule has 2 aliphatic rings. The average Bonchev–Trinajstić information content (AvgIpc) is 3.40. The fourth-order valence-electron chi connectivity index (χ4n) is 3.76. The van der Waals surface area contributed by atoms with Gasteiger partial charge in [0.15, 0.2) is 0 Å². The Morgan fingerprint density at radius 1 is 1.22 bits per heavy atom. The normalized spacial score (nSPS) is 18.7. The van der Waals surface area contributed by atoms with E-state index in [-0.39, 0.29) is 24.5 Å². The van der Waals surface area contributed by atoms with E-state index in [9.17, 15) is 9.59 Å². The molecule has 2 aromatic rings. The molecular formula is C20H22ClN3O3. The number of benzene rings is 1. The molecule has 1 aliphatic carbocycles. The van der Waals surface area contributed by atoms with Gasteiger partial charge in [-0.05, 0) is 42.7 Å². The predicted molar refractivity (Wildman–Crippen MR) is 102 cm³/mol. The quantitative estimate of drug-likeness (QED) is 0.808. The summed E-state index contributed by atoms with van der Waals surface area (Å²) in [5.74, 6) is -0.0790. The van der Waals surface area contributed by atoms with Crippen LogP contribution in [0.25, 0.3) is 0 Å². The van der Waals surface area contributed by atoms with Gasteiger partial charge in [0.2, 0.25) is 5.91 Å². The molecule has 1 atom stereocenters. The van der Waals surface area contributed by atoms with Gasteiger partial charge in [-0.2, -0.15) is 0 Å². The average molecular weight is 388 g/mol. The third-order valence-corrected chi connectivity index (χ3v) is 5.46.